The van der Waals surface area contributed by atoms with Crippen molar-refractivity contribution in [2.24, 2.45) is 0 Å². The molecule has 0 bridgehead atoms. The molecule has 6 heteroatoms. The number of nitrogens with one attached hydrogen (secondary N) is 2. The van der Waals surface area contributed by atoms with E-state index in [-0.39, 0.29) is 0 Å². The number of ether oxygens (including phenoxy) is 1. The Morgan fingerprint density at radius 2 is 1.65 bits per heavy atom. The van der Waals surface area contributed by atoms with Gasteiger partial charge in [0.2, 0.25) is 5.95 Å². The number of nitrogens with zero attached hydrogens (tertiary/aromatic N) is 2. The molecule has 1 heterocycles. The quantitative estimate of drug-likeness (QED) is 0.617. The molecule has 2 aromatic carbocycles. The first kappa shape index (κ1) is 18.0. The second-order valence-electron chi connectivity index (χ2n) is 5.77. The number of benzene rings is 2. The van der Waals surface area contributed by atoms with Crippen LogP contribution in [-0.4, -0.2) is 23.6 Å². The molecule has 3 aromatic rings. The van der Waals surface area contributed by atoms with E-state index in [2.05, 4.69) is 20.6 Å². The number of halogens is 1. The maximum absolute atomic E-state index is 5.90. The molecule has 5 nitrogen and oxygen atoms in total. The summed E-state index contributed by atoms with van der Waals surface area (Å²) in [6, 6.07) is 17.6. The second kappa shape index (κ2) is 9.06. The van der Waals surface area contributed by atoms with E-state index < -0.39 is 0 Å². The lowest BCUT2D eigenvalue weighted by Gasteiger charge is -2.09. The molecule has 0 aliphatic rings. The van der Waals surface area contributed by atoms with E-state index in [0.717, 1.165) is 35.1 Å². The monoisotopic (exact) mass is 368 g/mol. The Balaban J connectivity index is 1.49. The van der Waals surface area contributed by atoms with E-state index in [1.165, 1.54) is 5.56 Å². The fraction of sp³-hybridized carbons (Fsp3) is 0.200. The zero-order valence-electron chi connectivity index (χ0n) is 14.6. The van der Waals surface area contributed by atoms with Crippen LogP contribution < -0.4 is 15.4 Å². The third-order valence-electron chi connectivity index (χ3n) is 3.90. The molecule has 3 rings (SSSR count). The summed E-state index contributed by atoms with van der Waals surface area (Å²) in [5.41, 5.74) is 2.37. The van der Waals surface area contributed by atoms with Gasteiger partial charge < -0.3 is 15.4 Å². The maximum atomic E-state index is 5.90. The number of aromatic nitrogens is 2. The molecule has 0 spiro atoms. The molecule has 0 radical (unpaired) electrons. The largest absolute Gasteiger partial charge is 0.497 e. The minimum absolute atomic E-state index is 0.595. The average molecular weight is 369 g/mol. The van der Waals surface area contributed by atoms with Crippen molar-refractivity contribution >= 4 is 23.4 Å². The maximum Gasteiger partial charge on any atom is 0.224 e. The van der Waals surface area contributed by atoms with E-state index in [1.807, 2.05) is 54.6 Å². The molecule has 26 heavy (non-hydrogen) atoms. The number of hydrogen-bond donors (Lipinski definition) is 2. The van der Waals surface area contributed by atoms with Crippen molar-refractivity contribution < 1.29 is 4.74 Å². The van der Waals surface area contributed by atoms with Gasteiger partial charge in [0.05, 0.1) is 7.11 Å². The van der Waals surface area contributed by atoms with Crippen molar-refractivity contribution in [1.82, 2.24) is 9.97 Å². The summed E-state index contributed by atoms with van der Waals surface area (Å²) in [5, 5.41) is 7.31. The van der Waals surface area contributed by atoms with Crippen LogP contribution in [-0.2, 0) is 13.0 Å². The highest BCUT2D eigenvalue weighted by molar-refractivity contribution is 6.30. The van der Waals surface area contributed by atoms with Gasteiger partial charge in [-0.1, -0.05) is 35.9 Å². The Bertz CT molecular complexity index is 822. The van der Waals surface area contributed by atoms with Crippen LogP contribution in [0.25, 0.3) is 0 Å². The molecule has 0 unspecified atom stereocenters. The van der Waals surface area contributed by atoms with Gasteiger partial charge in [-0.15, -0.1) is 0 Å². The minimum atomic E-state index is 0.595. The van der Waals surface area contributed by atoms with Crippen LogP contribution in [0.5, 0.6) is 5.75 Å². The van der Waals surface area contributed by atoms with Crippen LogP contribution in [0.3, 0.4) is 0 Å². The molecule has 0 atom stereocenters. The lowest BCUT2D eigenvalue weighted by Crippen LogP contribution is -2.09. The molecule has 2 N–H and O–H groups in total. The highest BCUT2D eigenvalue weighted by atomic mass is 35.5. The van der Waals surface area contributed by atoms with Crippen LogP contribution in [0.4, 0.5) is 11.8 Å². The van der Waals surface area contributed by atoms with Crippen LogP contribution >= 0.6 is 11.6 Å². The lowest BCUT2D eigenvalue weighted by molar-refractivity contribution is 0.414. The highest BCUT2D eigenvalue weighted by Gasteiger charge is 2.01. The number of hydrogen-bond acceptors (Lipinski definition) is 5. The Hall–Kier alpha value is -2.79. The van der Waals surface area contributed by atoms with Crippen molar-refractivity contribution in [3.63, 3.8) is 0 Å². The van der Waals surface area contributed by atoms with Gasteiger partial charge in [0.1, 0.15) is 11.6 Å². The van der Waals surface area contributed by atoms with Crippen molar-refractivity contribution in [2.75, 3.05) is 24.3 Å². The molecule has 134 valence electrons. The Kier molecular flexibility index (Phi) is 6.28. The normalized spacial score (nSPS) is 10.4. The molecule has 0 aliphatic heterocycles. The third-order valence-corrected chi connectivity index (χ3v) is 4.15. The Morgan fingerprint density at radius 1 is 0.923 bits per heavy atom. The van der Waals surface area contributed by atoms with E-state index in [0.29, 0.717) is 12.5 Å². The summed E-state index contributed by atoms with van der Waals surface area (Å²) in [6.07, 6.45) is 2.64. The van der Waals surface area contributed by atoms with Gasteiger partial charge in [0.15, 0.2) is 0 Å². The van der Waals surface area contributed by atoms with Crippen LogP contribution in [0, 0.1) is 0 Å². The van der Waals surface area contributed by atoms with E-state index in [4.69, 9.17) is 16.3 Å². The minimum Gasteiger partial charge on any atom is -0.497 e. The highest BCUT2D eigenvalue weighted by Crippen LogP contribution is 2.13. The van der Waals surface area contributed by atoms with Crippen molar-refractivity contribution in [3.05, 3.63) is 76.9 Å². The lowest BCUT2D eigenvalue weighted by atomic mass is 10.1. The van der Waals surface area contributed by atoms with Crippen LogP contribution in [0.1, 0.15) is 11.1 Å². The standard InChI is InChI=1S/C20H21ClN4O/c1-26-18-8-4-16(5-9-18)14-24-20-23-13-11-19(25-20)22-12-10-15-2-6-17(21)7-3-15/h2-9,11,13H,10,12,14H2,1H3,(H2,22,23,24,25). The third kappa shape index (κ3) is 5.36. The van der Waals surface area contributed by atoms with Gasteiger partial charge in [-0.2, -0.15) is 4.98 Å². The summed E-state index contributed by atoms with van der Waals surface area (Å²) in [7, 11) is 1.66. The first-order valence-corrected chi connectivity index (χ1v) is 8.79. The SMILES string of the molecule is COc1ccc(CNc2nccc(NCCc3ccc(Cl)cc3)n2)cc1. The zero-order chi connectivity index (χ0) is 18.2. The summed E-state index contributed by atoms with van der Waals surface area (Å²) in [4.78, 5) is 8.75. The fourth-order valence-corrected chi connectivity index (χ4v) is 2.58. The number of methoxy groups -OCH3 is 1. The molecule has 0 amide bonds. The van der Waals surface area contributed by atoms with Crippen molar-refractivity contribution in [2.45, 2.75) is 13.0 Å². The molecule has 0 saturated heterocycles. The summed E-state index contributed by atoms with van der Waals surface area (Å²) in [5.74, 6) is 2.24. The first-order chi connectivity index (χ1) is 12.7. The second-order valence-corrected chi connectivity index (χ2v) is 6.21. The molecule has 0 saturated carbocycles. The predicted octanol–water partition coefficient (Wildman–Crippen LogP) is 4.41. The topological polar surface area (TPSA) is 59.1 Å². The number of rotatable bonds is 8. The van der Waals surface area contributed by atoms with Crippen molar-refractivity contribution in [1.29, 1.82) is 0 Å². The van der Waals surface area contributed by atoms with Gasteiger partial charge in [0.25, 0.3) is 0 Å². The van der Waals surface area contributed by atoms with Crippen LogP contribution in [0.15, 0.2) is 60.8 Å². The summed E-state index contributed by atoms with van der Waals surface area (Å²) < 4.78 is 5.16. The smallest absolute Gasteiger partial charge is 0.224 e. The van der Waals surface area contributed by atoms with Gasteiger partial charge >= 0.3 is 0 Å². The van der Waals surface area contributed by atoms with Gasteiger partial charge in [-0.3, -0.25) is 0 Å². The van der Waals surface area contributed by atoms with E-state index in [1.54, 1.807) is 13.3 Å². The van der Waals surface area contributed by atoms with Gasteiger partial charge in [-0.25, -0.2) is 4.98 Å². The predicted molar refractivity (Wildman–Crippen MR) is 106 cm³/mol. The van der Waals surface area contributed by atoms with E-state index in [9.17, 15) is 0 Å². The molecular formula is C20H21ClN4O. The fourth-order valence-electron chi connectivity index (χ4n) is 2.45. The molecular weight excluding hydrogens is 348 g/mol. The molecule has 0 aliphatic carbocycles. The first-order valence-electron chi connectivity index (χ1n) is 8.41. The Morgan fingerprint density at radius 3 is 2.38 bits per heavy atom. The van der Waals surface area contributed by atoms with Crippen molar-refractivity contribution in [3.8, 4) is 5.75 Å². The molecule has 1 aromatic heterocycles. The number of anilines is 2. The average Bonchev–Trinajstić information content (AvgIpc) is 2.69. The molecule has 0 fully saturated rings. The van der Waals surface area contributed by atoms with Crippen LogP contribution in [0.2, 0.25) is 5.02 Å². The zero-order valence-corrected chi connectivity index (χ0v) is 15.3. The van der Waals surface area contributed by atoms with Gasteiger partial charge in [-0.05, 0) is 47.9 Å². The Labute approximate surface area is 158 Å². The summed E-state index contributed by atoms with van der Waals surface area (Å²) in [6.45, 7) is 1.44. The summed E-state index contributed by atoms with van der Waals surface area (Å²) >= 11 is 5.90. The van der Waals surface area contributed by atoms with E-state index >= 15 is 0 Å². The van der Waals surface area contributed by atoms with Gasteiger partial charge in [0, 0.05) is 24.3 Å².